The van der Waals surface area contributed by atoms with Gasteiger partial charge in [0.05, 0.1) is 5.88 Å². The molecule has 1 N–H and O–H groups in total. The predicted octanol–water partition coefficient (Wildman–Crippen LogP) is 3.80. The highest BCUT2D eigenvalue weighted by Crippen LogP contribution is 2.48. The minimum atomic E-state index is -1.09. The first-order chi connectivity index (χ1) is 9.02. The quantitative estimate of drug-likeness (QED) is 0.783. The van der Waals surface area contributed by atoms with E-state index in [9.17, 15) is 5.11 Å². The summed E-state index contributed by atoms with van der Waals surface area (Å²) in [7, 11) is 0. The lowest BCUT2D eigenvalue weighted by Crippen LogP contribution is -2.41. The molecule has 0 amide bonds. The third kappa shape index (κ3) is 1.58. The molecule has 1 aliphatic rings. The SMILES string of the molecule is CC1(C)c2ccccc2C(O)(CCl)c2ccccc21. The highest BCUT2D eigenvalue weighted by molar-refractivity contribution is 6.19. The van der Waals surface area contributed by atoms with Crippen LogP contribution in [0.3, 0.4) is 0 Å². The lowest BCUT2D eigenvalue weighted by molar-refractivity contribution is 0.0977. The molecule has 3 rings (SSSR count). The summed E-state index contributed by atoms with van der Waals surface area (Å²) in [6.45, 7) is 4.39. The van der Waals surface area contributed by atoms with E-state index in [0.717, 1.165) is 22.3 Å². The number of alkyl halides is 1. The van der Waals surface area contributed by atoms with Crippen LogP contribution in [0.1, 0.15) is 36.1 Å². The maximum absolute atomic E-state index is 11.1. The molecule has 0 saturated heterocycles. The molecule has 0 aliphatic heterocycles. The number of hydrogen-bond acceptors (Lipinski definition) is 1. The molecule has 0 atom stereocenters. The van der Waals surface area contributed by atoms with E-state index < -0.39 is 5.60 Å². The van der Waals surface area contributed by atoms with Gasteiger partial charge in [-0.25, -0.2) is 0 Å². The molecule has 2 heteroatoms. The van der Waals surface area contributed by atoms with Crippen LogP contribution in [0, 0.1) is 0 Å². The number of hydrogen-bond donors (Lipinski definition) is 1. The Morgan fingerprint density at radius 2 is 1.21 bits per heavy atom. The second kappa shape index (κ2) is 4.09. The Kier molecular flexibility index (Phi) is 2.74. The molecule has 98 valence electrons. The summed E-state index contributed by atoms with van der Waals surface area (Å²) in [6.07, 6.45) is 0. The van der Waals surface area contributed by atoms with Crippen LogP contribution >= 0.6 is 11.6 Å². The van der Waals surface area contributed by atoms with Crippen molar-refractivity contribution < 1.29 is 5.11 Å². The Hall–Kier alpha value is -1.31. The van der Waals surface area contributed by atoms with Gasteiger partial charge in [0, 0.05) is 5.41 Å². The van der Waals surface area contributed by atoms with Crippen LogP contribution in [0.5, 0.6) is 0 Å². The molecule has 0 spiro atoms. The topological polar surface area (TPSA) is 20.2 Å². The third-order valence-corrected chi connectivity index (χ3v) is 4.67. The van der Waals surface area contributed by atoms with Crippen molar-refractivity contribution in [1.82, 2.24) is 0 Å². The first kappa shape index (κ1) is 12.7. The number of aliphatic hydroxyl groups is 1. The van der Waals surface area contributed by atoms with Crippen molar-refractivity contribution in [2.75, 3.05) is 5.88 Å². The van der Waals surface area contributed by atoms with E-state index in [4.69, 9.17) is 11.6 Å². The van der Waals surface area contributed by atoms with E-state index in [1.807, 2.05) is 36.4 Å². The van der Waals surface area contributed by atoms with Gasteiger partial charge in [0.2, 0.25) is 0 Å². The van der Waals surface area contributed by atoms with Gasteiger partial charge in [-0.2, -0.15) is 0 Å². The molecule has 1 nitrogen and oxygen atoms in total. The first-order valence-corrected chi connectivity index (χ1v) is 7.03. The molecule has 2 aromatic carbocycles. The predicted molar refractivity (Wildman–Crippen MR) is 78.7 cm³/mol. The molecule has 0 aromatic heterocycles. The molecule has 0 saturated carbocycles. The average molecular weight is 273 g/mol. The fourth-order valence-corrected chi connectivity index (χ4v) is 3.50. The van der Waals surface area contributed by atoms with E-state index in [2.05, 4.69) is 26.0 Å². The van der Waals surface area contributed by atoms with Crippen LogP contribution < -0.4 is 0 Å². The Labute approximate surface area is 118 Å². The summed E-state index contributed by atoms with van der Waals surface area (Å²) in [4.78, 5) is 0. The summed E-state index contributed by atoms with van der Waals surface area (Å²) >= 11 is 6.12. The van der Waals surface area contributed by atoms with E-state index in [1.54, 1.807) is 0 Å². The molecule has 0 heterocycles. The third-order valence-electron chi connectivity index (χ3n) is 4.29. The van der Waals surface area contributed by atoms with Crippen molar-refractivity contribution in [3.8, 4) is 0 Å². The molecule has 1 aliphatic carbocycles. The highest BCUT2D eigenvalue weighted by Gasteiger charge is 2.44. The smallest absolute Gasteiger partial charge is 0.129 e. The van der Waals surface area contributed by atoms with Gasteiger partial charge in [0.25, 0.3) is 0 Å². The zero-order valence-corrected chi connectivity index (χ0v) is 11.9. The van der Waals surface area contributed by atoms with Gasteiger partial charge in [-0.3, -0.25) is 0 Å². The van der Waals surface area contributed by atoms with Gasteiger partial charge in [0.1, 0.15) is 5.60 Å². The van der Waals surface area contributed by atoms with Crippen molar-refractivity contribution in [1.29, 1.82) is 0 Å². The van der Waals surface area contributed by atoms with E-state index in [1.165, 1.54) is 0 Å². The fraction of sp³-hybridized carbons (Fsp3) is 0.294. The van der Waals surface area contributed by atoms with Gasteiger partial charge in [0.15, 0.2) is 0 Å². The summed E-state index contributed by atoms with van der Waals surface area (Å²) in [5.41, 5.74) is 2.94. The summed E-state index contributed by atoms with van der Waals surface area (Å²) < 4.78 is 0. The Balaban J connectivity index is 2.41. The lowest BCUT2D eigenvalue weighted by atomic mass is 9.64. The maximum atomic E-state index is 11.1. The minimum absolute atomic E-state index is 0.120. The highest BCUT2D eigenvalue weighted by atomic mass is 35.5. The Morgan fingerprint density at radius 3 is 1.58 bits per heavy atom. The largest absolute Gasteiger partial charge is 0.379 e. The van der Waals surface area contributed by atoms with Crippen LogP contribution in [0.4, 0.5) is 0 Å². The number of benzene rings is 2. The number of fused-ring (bicyclic) bond motifs is 2. The van der Waals surface area contributed by atoms with E-state index in [-0.39, 0.29) is 11.3 Å². The van der Waals surface area contributed by atoms with Crippen molar-refractivity contribution >= 4 is 11.6 Å². The van der Waals surface area contributed by atoms with Gasteiger partial charge < -0.3 is 5.11 Å². The molecule has 0 bridgehead atoms. The van der Waals surface area contributed by atoms with Gasteiger partial charge in [-0.15, -0.1) is 11.6 Å². The molecule has 2 aromatic rings. The van der Waals surface area contributed by atoms with Crippen LogP contribution in [0.15, 0.2) is 48.5 Å². The molecular weight excluding hydrogens is 256 g/mol. The molecule has 0 unspecified atom stereocenters. The number of halogens is 1. The normalized spacial score (nSPS) is 18.5. The van der Waals surface area contributed by atoms with Crippen LogP contribution in [-0.2, 0) is 11.0 Å². The summed E-state index contributed by atoms with van der Waals surface area (Å²) in [5, 5.41) is 11.1. The number of rotatable bonds is 1. The van der Waals surface area contributed by atoms with Gasteiger partial charge in [-0.1, -0.05) is 62.4 Å². The second-order valence-electron chi connectivity index (χ2n) is 5.71. The zero-order chi connectivity index (χ0) is 13.7. The van der Waals surface area contributed by atoms with Gasteiger partial charge >= 0.3 is 0 Å². The standard InChI is InChI=1S/C17H17ClO/c1-16(2)12-7-3-5-9-14(12)17(19,11-18)15-10-6-4-8-13(15)16/h3-10,19H,11H2,1-2H3. The van der Waals surface area contributed by atoms with E-state index >= 15 is 0 Å². The minimum Gasteiger partial charge on any atom is -0.379 e. The van der Waals surface area contributed by atoms with Gasteiger partial charge in [-0.05, 0) is 22.3 Å². The second-order valence-corrected chi connectivity index (χ2v) is 5.98. The van der Waals surface area contributed by atoms with Crippen molar-refractivity contribution in [2.24, 2.45) is 0 Å². The maximum Gasteiger partial charge on any atom is 0.129 e. The summed E-state index contributed by atoms with van der Waals surface area (Å²) in [6, 6.07) is 16.1. The van der Waals surface area contributed by atoms with Crippen molar-refractivity contribution in [2.45, 2.75) is 24.9 Å². The Bertz CT molecular complexity index is 581. The zero-order valence-electron chi connectivity index (χ0n) is 11.2. The van der Waals surface area contributed by atoms with Crippen LogP contribution in [-0.4, -0.2) is 11.0 Å². The first-order valence-electron chi connectivity index (χ1n) is 6.50. The van der Waals surface area contributed by atoms with Crippen LogP contribution in [0.25, 0.3) is 0 Å². The average Bonchev–Trinajstić information content (AvgIpc) is 2.45. The molecule has 0 fully saturated rings. The van der Waals surface area contributed by atoms with Crippen molar-refractivity contribution in [3.63, 3.8) is 0 Å². The van der Waals surface area contributed by atoms with E-state index in [0.29, 0.717) is 0 Å². The molecule has 19 heavy (non-hydrogen) atoms. The molecule has 0 radical (unpaired) electrons. The summed E-state index contributed by atoms with van der Waals surface area (Å²) in [5.74, 6) is 0.164. The fourth-order valence-electron chi connectivity index (χ4n) is 3.21. The van der Waals surface area contributed by atoms with Crippen LogP contribution in [0.2, 0.25) is 0 Å². The Morgan fingerprint density at radius 1 is 0.842 bits per heavy atom. The monoisotopic (exact) mass is 272 g/mol. The van der Waals surface area contributed by atoms with Crippen molar-refractivity contribution in [3.05, 3.63) is 70.8 Å². The lowest BCUT2D eigenvalue weighted by Gasteiger charge is -2.43. The molecular formula is C17H17ClO.